The van der Waals surface area contributed by atoms with Crippen molar-refractivity contribution in [3.8, 4) is 0 Å². The smallest absolute Gasteiger partial charge is 0.325 e. The molecule has 0 aromatic heterocycles. The van der Waals surface area contributed by atoms with Crippen LogP contribution in [0.2, 0.25) is 6.32 Å². The molecule has 0 aliphatic carbocycles. The van der Waals surface area contributed by atoms with Crippen LogP contribution in [0.25, 0.3) is 0 Å². The van der Waals surface area contributed by atoms with Gasteiger partial charge in [-0.15, -0.1) is 0 Å². The highest BCUT2D eigenvalue weighted by Crippen LogP contribution is 2.30. The van der Waals surface area contributed by atoms with Crippen LogP contribution in [-0.4, -0.2) is 73.5 Å². The van der Waals surface area contributed by atoms with E-state index >= 15 is 0 Å². The number of carboxylic acid groups (broad SMARTS) is 1. The van der Waals surface area contributed by atoms with Gasteiger partial charge in [0.2, 0.25) is 0 Å². The Labute approximate surface area is 129 Å². The van der Waals surface area contributed by atoms with E-state index in [0.29, 0.717) is 6.54 Å². The maximum atomic E-state index is 11.6. The Morgan fingerprint density at radius 1 is 1.24 bits per heavy atom. The molecule has 2 heterocycles. The summed E-state index contributed by atoms with van der Waals surface area (Å²) in [5.41, 5.74) is 5.19. The monoisotopic (exact) mass is 295 g/mol. The molecule has 0 aromatic carbocycles. The van der Waals surface area contributed by atoms with Gasteiger partial charge in [-0.1, -0.05) is 19.2 Å². The molecule has 3 N–H and O–H groups in total. The summed E-state index contributed by atoms with van der Waals surface area (Å²) in [5, 5.41) is 9.51. The highest BCUT2D eigenvalue weighted by atomic mass is 16.4. The van der Waals surface area contributed by atoms with Gasteiger partial charge in [0.1, 0.15) is 13.4 Å². The second-order valence-corrected chi connectivity index (χ2v) is 6.82. The number of piperidine rings is 1. The maximum absolute atomic E-state index is 11.6. The van der Waals surface area contributed by atoms with Crippen molar-refractivity contribution in [2.45, 2.75) is 44.0 Å². The Morgan fingerprint density at radius 3 is 2.52 bits per heavy atom. The average Bonchev–Trinajstić information content (AvgIpc) is 2.82. The van der Waals surface area contributed by atoms with Crippen LogP contribution in [0, 0.1) is 5.92 Å². The second kappa shape index (κ2) is 7.61. The van der Waals surface area contributed by atoms with E-state index in [1.54, 1.807) is 0 Å². The molecular weight excluding hydrogens is 265 g/mol. The van der Waals surface area contributed by atoms with Crippen LogP contribution in [0.4, 0.5) is 0 Å². The summed E-state index contributed by atoms with van der Waals surface area (Å²) in [6.07, 6.45) is 7.05. The van der Waals surface area contributed by atoms with Gasteiger partial charge in [0.25, 0.3) is 0 Å². The molecule has 2 fully saturated rings. The molecule has 120 valence electrons. The van der Waals surface area contributed by atoms with Crippen molar-refractivity contribution >= 4 is 13.8 Å². The van der Waals surface area contributed by atoms with Crippen LogP contribution >= 0.6 is 0 Å². The van der Waals surface area contributed by atoms with Gasteiger partial charge < -0.3 is 15.7 Å². The number of aliphatic carboxylic acids is 1. The van der Waals surface area contributed by atoms with Crippen LogP contribution in [-0.2, 0) is 4.79 Å². The Kier molecular flexibility index (Phi) is 6.08. The molecular formula is C15H30BN3O2. The highest BCUT2D eigenvalue weighted by Gasteiger charge is 2.48. The van der Waals surface area contributed by atoms with Gasteiger partial charge in [0.15, 0.2) is 0 Å². The first-order valence-electron chi connectivity index (χ1n) is 8.53. The topological polar surface area (TPSA) is 69.8 Å². The number of nitrogens with two attached hydrogens (primary N) is 1. The van der Waals surface area contributed by atoms with Crippen molar-refractivity contribution in [3.05, 3.63) is 0 Å². The van der Waals surface area contributed by atoms with E-state index in [4.69, 9.17) is 5.73 Å². The number of carboxylic acids is 1. The summed E-state index contributed by atoms with van der Waals surface area (Å²) in [6, 6.07) is 0. The second-order valence-electron chi connectivity index (χ2n) is 6.82. The van der Waals surface area contributed by atoms with Crippen LogP contribution < -0.4 is 5.73 Å². The predicted octanol–water partition coefficient (Wildman–Crippen LogP) is 0.0178. The molecule has 2 aliphatic heterocycles. The van der Waals surface area contributed by atoms with E-state index < -0.39 is 11.5 Å². The Morgan fingerprint density at radius 2 is 1.90 bits per heavy atom. The lowest BCUT2D eigenvalue weighted by Crippen LogP contribution is -2.55. The molecule has 21 heavy (non-hydrogen) atoms. The predicted molar refractivity (Wildman–Crippen MR) is 87.4 cm³/mol. The van der Waals surface area contributed by atoms with Crippen LogP contribution in [0.5, 0.6) is 0 Å². The van der Waals surface area contributed by atoms with E-state index in [1.165, 1.54) is 32.4 Å². The van der Waals surface area contributed by atoms with Crippen LogP contribution in [0.1, 0.15) is 32.1 Å². The van der Waals surface area contributed by atoms with E-state index in [1.807, 2.05) is 0 Å². The van der Waals surface area contributed by atoms with Gasteiger partial charge >= 0.3 is 5.97 Å². The molecule has 2 saturated heterocycles. The summed E-state index contributed by atoms with van der Waals surface area (Å²) in [6.45, 7) is 5.74. The molecule has 0 aromatic rings. The molecule has 5 nitrogen and oxygen atoms in total. The van der Waals surface area contributed by atoms with Gasteiger partial charge in [-0.25, -0.2) is 0 Å². The lowest BCUT2D eigenvalue weighted by atomic mass is 9.83. The van der Waals surface area contributed by atoms with E-state index in [-0.39, 0.29) is 5.92 Å². The molecule has 2 aliphatic rings. The standard InChI is InChI=1S/C15H30BN3O2/c16-6-4-5-13-11-19(12-15(13,17)14(20)21)10-9-18-7-2-1-3-8-18/h13H,1-12,16-17H2,(H,20,21)/t13-,15-/m0/s1. The quantitative estimate of drug-likeness (QED) is 0.648. The molecule has 0 saturated carbocycles. The minimum absolute atomic E-state index is 0.0938. The summed E-state index contributed by atoms with van der Waals surface area (Å²) >= 11 is 0. The first-order chi connectivity index (χ1) is 10.1. The van der Waals surface area contributed by atoms with Crippen molar-refractivity contribution in [2.75, 3.05) is 39.3 Å². The van der Waals surface area contributed by atoms with E-state index in [2.05, 4.69) is 17.6 Å². The molecule has 0 bridgehead atoms. The highest BCUT2D eigenvalue weighted by molar-refractivity contribution is 6.08. The summed E-state index contributed by atoms with van der Waals surface area (Å²) in [4.78, 5) is 16.4. The third-order valence-corrected chi connectivity index (χ3v) is 5.18. The van der Waals surface area contributed by atoms with Crippen molar-refractivity contribution in [1.82, 2.24) is 9.80 Å². The van der Waals surface area contributed by atoms with E-state index in [9.17, 15) is 9.90 Å². The van der Waals surface area contributed by atoms with Crippen molar-refractivity contribution < 1.29 is 9.90 Å². The molecule has 6 heteroatoms. The fourth-order valence-corrected chi connectivity index (χ4v) is 3.72. The minimum atomic E-state index is -1.04. The Bertz CT molecular complexity index is 350. The summed E-state index contributed by atoms with van der Waals surface area (Å²) in [5.74, 6) is -0.736. The normalized spacial score (nSPS) is 31.6. The average molecular weight is 295 g/mol. The van der Waals surface area contributed by atoms with Gasteiger partial charge in [-0.2, -0.15) is 0 Å². The molecule has 0 unspecified atom stereocenters. The van der Waals surface area contributed by atoms with Gasteiger partial charge in [0, 0.05) is 32.1 Å². The molecule has 0 amide bonds. The van der Waals surface area contributed by atoms with Crippen molar-refractivity contribution in [3.63, 3.8) is 0 Å². The fourth-order valence-electron chi connectivity index (χ4n) is 3.72. The first kappa shape index (κ1) is 16.8. The number of rotatable bonds is 7. The van der Waals surface area contributed by atoms with Gasteiger partial charge in [-0.05, 0) is 32.4 Å². The number of hydrogen-bond acceptors (Lipinski definition) is 4. The molecule has 2 rings (SSSR count). The number of nitrogens with zero attached hydrogens (tertiary/aromatic N) is 2. The van der Waals surface area contributed by atoms with E-state index in [0.717, 1.165) is 38.8 Å². The number of carbonyl (C=O) groups is 1. The lowest BCUT2D eigenvalue weighted by molar-refractivity contribution is -0.144. The maximum Gasteiger partial charge on any atom is 0.325 e. The number of likely N-dealkylation sites (tertiary alicyclic amines) is 2. The van der Waals surface area contributed by atoms with Crippen molar-refractivity contribution in [2.24, 2.45) is 11.7 Å². The third-order valence-electron chi connectivity index (χ3n) is 5.18. The zero-order valence-corrected chi connectivity index (χ0v) is 13.4. The van der Waals surface area contributed by atoms with Crippen molar-refractivity contribution in [1.29, 1.82) is 0 Å². The molecule has 0 spiro atoms. The SMILES string of the molecule is BCCC[C@H]1CN(CCN2CCCCC2)C[C@@]1(N)C(=O)O. The Balaban J connectivity index is 1.85. The third kappa shape index (κ3) is 4.21. The van der Waals surface area contributed by atoms with Gasteiger partial charge in [0.05, 0.1) is 0 Å². The minimum Gasteiger partial charge on any atom is -0.480 e. The summed E-state index contributed by atoms with van der Waals surface area (Å²) < 4.78 is 0. The fraction of sp³-hybridized carbons (Fsp3) is 0.933. The van der Waals surface area contributed by atoms with Crippen LogP contribution in [0.15, 0.2) is 0 Å². The van der Waals surface area contributed by atoms with Gasteiger partial charge in [-0.3, -0.25) is 9.69 Å². The van der Waals surface area contributed by atoms with Crippen LogP contribution in [0.3, 0.4) is 0 Å². The molecule has 2 atom stereocenters. The largest absolute Gasteiger partial charge is 0.480 e. The molecule has 0 radical (unpaired) electrons. The number of hydrogen-bond donors (Lipinski definition) is 2. The zero-order valence-electron chi connectivity index (χ0n) is 13.4. The Hall–Kier alpha value is -0.585. The zero-order chi connectivity index (χ0) is 15.3. The summed E-state index contributed by atoms with van der Waals surface area (Å²) in [7, 11) is 2.14. The first-order valence-corrected chi connectivity index (χ1v) is 8.53. The lowest BCUT2D eigenvalue weighted by Gasteiger charge is -2.28.